The summed E-state index contributed by atoms with van der Waals surface area (Å²) in [5, 5.41) is 12.9. The zero-order valence-corrected chi connectivity index (χ0v) is 30.7. The Balaban J connectivity index is 0.00000281. The molecule has 2 saturated heterocycles. The number of nitrogens with one attached hydrogen (secondary N) is 1. The molecule has 0 saturated carbocycles. The number of urea groups is 1. The molecule has 1 unspecified atom stereocenters. The number of anilines is 1. The summed E-state index contributed by atoms with van der Waals surface area (Å²) >= 11 is 0. The number of likely N-dealkylation sites (tertiary alicyclic amines) is 1. The molecule has 3 heterocycles. The van der Waals surface area contributed by atoms with Crippen molar-refractivity contribution in [1.29, 1.82) is 5.26 Å². The van der Waals surface area contributed by atoms with E-state index >= 15 is 4.79 Å². The topological polar surface area (TPSA) is 136 Å². The maximum absolute atomic E-state index is 15.1. The minimum Gasteiger partial charge on any atom is -0.495 e. The number of sulfonamides is 1. The molecule has 0 aliphatic carbocycles. The first-order chi connectivity index (χ1) is 23.1. The third-order valence-electron chi connectivity index (χ3n) is 9.53. The number of para-hydroxylation sites is 2. The van der Waals surface area contributed by atoms with Gasteiger partial charge in [-0.25, -0.2) is 13.2 Å². The molecule has 1 N–H and O–H groups in total. The molecule has 2 fully saturated rings. The van der Waals surface area contributed by atoms with Gasteiger partial charge in [-0.3, -0.25) is 9.69 Å². The number of nitriles is 1. The van der Waals surface area contributed by atoms with E-state index in [1.54, 1.807) is 48.2 Å². The van der Waals surface area contributed by atoms with E-state index in [1.165, 1.54) is 37.4 Å². The number of ether oxygens (including phenoxy) is 2. The number of rotatable bonds is 8. The first kappa shape index (κ1) is 38.7. The van der Waals surface area contributed by atoms with E-state index in [0.717, 1.165) is 25.9 Å². The lowest BCUT2D eigenvalue weighted by atomic mass is 9.82. The fraction of sp³-hybridized carbons (Fsp3) is 0.400. The number of hydrogen-bond donors (Lipinski definition) is 1. The number of methoxy groups -OCH3 is 1. The number of amides is 3. The van der Waals surface area contributed by atoms with Crippen molar-refractivity contribution in [3.63, 3.8) is 0 Å². The Morgan fingerprint density at radius 1 is 0.940 bits per heavy atom. The molecule has 1 atom stereocenters. The summed E-state index contributed by atoms with van der Waals surface area (Å²) in [6, 6.07) is 19.2. The smallest absolute Gasteiger partial charge is 0.318 e. The van der Waals surface area contributed by atoms with Gasteiger partial charge in [0.1, 0.15) is 16.4 Å². The van der Waals surface area contributed by atoms with Crippen LogP contribution in [-0.2, 0) is 20.4 Å². The molecule has 0 spiro atoms. The van der Waals surface area contributed by atoms with E-state index in [2.05, 4.69) is 28.2 Å². The van der Waals surface area contributed by atoms with Crippen LogP contribution >= 0.6 is 24.8 Å². The van der Waals surface area contributed by atoms with Crippen molar-refractivity contribution in [2.45, 2.75) is 36.2 Å². The highest BCUT2D eigenvalue weighted by Crippen LogP contribution is 2.50. The third kappa shape index (κ3) is 6.83. The molecule has 3 amide bonds. The average Bonchev–Trinajstić information content (AvgIpc) is 3.36. The average molecular weight is 746 g/mol. The van der Waals surface area contributed by atoms with Crippen LogP contribution in [0.2, 0.25) is 0 Å². The molecule has 3 aliphatic heterocycles. The molecule has 15 heteroatoms. The quantitative estimate of drug-likeness (QED) is 0.360. The van der Waals surface area contributed by atoms with Gasteiger partial charge in [0, 0.05) is 43.3 Å². The van der Waals surface area contributed by atoms with Crippen LogP contribution in [0.25, 0.3) is 0 Å². The number of piperazine rings is 1. The second-order valence-electron chi connectivity index (χ2n) is 12.2. The zero-order valence-electron chi connectivity index (χ0n) is 28.2. The van der Waals surface area contributed by atoms with Crippen LogP contribution in [0.3, 0.4) is 0 Å². The molecule has 12 nitrogen and oxygen atoms in total. The number of halogens is 2. The number of nitrogens with zero attached hydrogens (tertiary/aromatic N) is 5. The second-order valence-corrected chi connectivity index (χ2v) is 14.0. The van der Waals surface area contributed by atoms with Crippen molar-refractivity contribution < 1.29 is 27.5 Å². The molecular formula is C35H42Cl2N6O6S. The predicted octanol–water partition coefficient (Wildman–Crippen LogP) is 4.21. The van der Waals surface area contributed by atoms with E-state index in [4.69, 9.17) is 9.47 Å². The number of benzene rings is 3. The van der Waals surface area contributed by atoms with Crippen LogP contribution in [0, 0.1) is 11.3 Å². The van der Waals surface area contributed by atoms with Gasteiger partial charge in [-0.1, -0.05) is 30.3 Å². The van der Waals surface area contributed by atoms with Gasteiger partial charge in [0.15, 0.2) is 5.54 Å². The van der Waals surface area contributed by atoms with Gasteiger partial charge in [0.25, 0.3) is 15.9 Å². The summed E-state index contributed by atoms with van der Waals surface area (Å²) in [6.07, 6.45) is 2.14. The van der Waals surface area contributed by atoms with Gasteiger partial charge in [-0.15, -0.1) is 24.8 Å². The lowest BCUT2D eigenvalue weighted by Crippen LogP contribution is -2.61. The van der Waals surface area contributed by atoms with E-state index in [-0.39, 0.29) is 64.4 Å². The molecule has 50 heavy (non-hydrogen) atoms. The number of piperidine rings is 1. The first-order valence-corrected chi connectivity index (χ1v) is 17.6. The highest BCUT2D eigenvalue weighted by Gasteiger charge is 2.59. The minimum absolute atomic E-state index is 0. The third-order valence-corrected chi connectivity index (χ3v) is 11.3. The Bertz CT molecular complexity index is 1860. The highest BCUT2D eigenvalue weighted by atomic mass is 35.5. The molecule has 0 aromatic heterocycles. The van der Waals surface area contributed by atoms with Crippen LogP contribution in [0.5, 0.6) is 11.5 Å². The standard InChI is InChI=1S/C35H40N6O6S.2ClH/c1-4-47-30-10-6-5-9-27(30)35(37-34(43)40-21-19-39(20-22-40)26-15-17-38(2)18-16-26)28-23-25(24-36)13-14-29(28)41(33(35)42)48(44,45)32-12-8-7-11-31(32)46-3;;/h5-14,23,26H,4,15-22H2,1-3H3,(H,37,43);2*1H. The fourth-order valence-corrected chi connectivity index (χ4v) is 8.65. The second kappa shape index (κ2) is 15.9. The summed E-state index contributed by atoms with van der Waals surface area (Å²) in [5.74, 6) is -0.575. The monoisotopic (exact) mass is 744 g/mol. The number of carbonyl (C=O) groups is 2. The van der Waals surface area contributed by atoms with Gasteiger partial charge < -0.3 is 24.6 Å². The van der Waals surface area contributed by atoms with Crippen molar-refractivity contribution in [3.05, 3.63) is 83.4 Å². The van der Waals surface area contributed by atoms with Crippen LogP contribution in [0.15, 0.2) is 71.6 Å². The van der Waals surface area contributed by atoms with Crippen LogP contribution in [-0.4, -0.2) is 101 Å². The predicted molar refractivity (Wildman–Crippen MR) is 194 cm³/mol. The molecule has 0 radical (unpaired) electrons. The van der Waals surface area contributed by atoms with Crippen molar-refractivity contribution in [2.75, 3.05) is 64.3 Å². The molecule has 3 aromatic carbocycles. The highest BCUT2D eigenvalue weighted by molar-refractivity contribution is 7.93. The van der Waals surface area contributed by atoms with E-state index < -0.39 is 27.5 Å². The van der Waals surface area contributed by atoms with Crippen LogP contribution in [0.4, 0.5) is 10.5 Å². The van der Waals surface area contributed by atoms with Crippen molar-refractivity contribution in [1.82, 2.24) is 20.0 Å². The van der Waals surface area contributed by atoms with Crippen molar-refractivity contribution in [2.24, 2.45) is 0 Å². The molecule has 3 aliphatic rings. The Hall–Kier alpha value is -4.06. The normalized spacial score (nSPS) is 19.8. The Morgan fingerprint density at radius 3 is 2.22 bits per heavy atom. The summed E-state index contributed by atoms with van der Waals surface area (Å²) in [4.78, 5) is 35.6. The molecule has 268 valence electrons. The summed E-state index contributed by atoms with van der Waals surface area (Å²) in [6.45, 7) is 6.35. The van der Waals surface area contributed by atoms with Crippen molar-refractivity contribution in [3.8, 4) is 17.6 Å². The largest absolute Gasteiger partial charge is 0.495 e. The zero-order chi connectivity index (χ0) is 34.1. The number of fused-ring (bicyclic) bond motifs is 1. The van der Waals surface area contributed by atoms with Gasteiger partial charge >= 0.3 is 6.03 Å². The maximum Gasteiger partial charge on any atom is 0.318 e. The summed E-state index contributed by atoms with van der Waals surface area (Å²) in [5.41, 5.74) is -1.44. The SMILES string of the molecule is CCOc1ccccc1C1(NC(=O)N2CCN(C3CCN(C)CC3)CC2)C(=O)N(S(=O)(=O)c2ccccc2OC)c2ccc(C#N)cc21.Cl.Cl. The van der Waals surface area contributed by atoms with Crippen molar-refractivity contribution >= 4 is 52.5 Å². The van der Waals surface area contributed by atoms with Gasteiger partial charge in [0.2, 0.25) is 0 Å². The maximum atomic E-state index is 15.1. The molecular weight excluding hydrogens is 703 g/mol. The Kier molecular flexibility index (Phi) is 12.3. The first-order valence-electron chi connectivity index (χ1n) is 16.1. The number of hydrogen-bond acceptors (Lipinski definition) is 9. The van der Waals surface area contributed by atoms with Crippen LogP contribution < -0.4 is 19.1 Å². The van der Waals surface area contributed by atoms with Gasteiger partial charge in [0.05, 0.1) is 31.0 Å². The van der Waals surface area contributed by atoms with Gasteiger partial charge in [-0.2, -0.15) is 9.57 Å². The molecule has 6 rings (SSSR count). The summed E-state index contributed by atoms with van der Waals surface area (Å²) < 4.78 is 41.0. The summed E-state index contributed by atoms with van der Waals surface area (Å²) in [7, 11) is -1.11. The van der Waals surface area contributed by atoms with Gasteiger partial charge in [-0.05, 0) is 76.3 Å². The minimum atomic E-state index is -4.59. The number of carbonyl (C=O) groups excluding carboxylic acids is 2. The molecule has 0 bridgehead atoms. The Morgan fingerprint density at radius 2 is 1.58 bits per heavy atom. The fourth-order valence-electron chi connectivity index (χ4n) is 7.02. The van der Waals surface area contributed by atoms with E-state index in [9.17, 15) is 18.5 Å². The lowest BCUT2D eigenvalue weighted by Gasteiger charge is -2.43. The molecule has 3 aromatic rings. The van der Waals surface area contributed by atoms with Crippen LogP contribution in [0.1, 0.15) is 36.5 Å². The van der Waals surface area contributed by atoms with E-state index in [0.29, 0.717) is 42.3 Å². The Labute approximate surface area is 305 Å². The van der Waals surface area contributed by atoms with E-state index in [1.807, 2.05) is 0 Å². The lowest BCUT2D eigenvalue weighted by molar-refractivity contribution is -0.121.